The maximum absolute atomic E-state index is 12.7. The molecular weight excluding hydrogens is 143 g/mol. The molecule has 1 rings (SSSR count). The van der Waals surface area contributed by atoms with Crippen molar-refractivity contribution in [2.24, 2.45) is 0 Å². The summed E-state index contributed by atoms with van der Waals surface area (Å²) < 4.78 is 12.7. The van der Waals surface area contributed by atoms with Crippen LogP contribution in [-0.2, 0) is 0 Å². The largest absolute Gasteiger partial charge is 0.207 e. The van der Waals surface area contributed by atoms with Crippen molar-refractivity contribution < 1.29 is 4.39 Å². The molecule has 0 bridgehead atoms. The lowest BCUT2D eigenvalue weighted by Crippen LogP contribution is -2.08. The summed E-state index contributed by atoms with van der Waals surface area (Å²) in [5, 5.41) is 0.291. The van der Waals surface area contributed by atoms with Gasteiger partial charge in [0.05, 0.1) is 0 Å². The summed E-state index contributed by atoms with van der Waals surface area (Å²) in [5.41, 5.74) is 0.903. The smallest absolute Gasteiger partial charge is 0.121 e. The second-order valence-corrected chi connectivity index (χ2v) is 5.91. The van der Waals surface area contributed by atoms with E-state index in [4.69, 9.17) is 0 Å². The van der Waals surface area contributed by atoms with Crippen LogP contribution in [0.1, 0.15) is 20.3 Å². The zero-order chi connectivity index (χ0) is 7.78. The standard InChI is InChI=1S/C8H13FSi/c1-6-5-8(2,10)4-3-7(6)9/h3-4H,5H2,1-2,10H3. The SMILES string of the molecule is CC1=C(F)C=CC(C)([SiH3])C1. The van der Waals surface area contributed by atoms with Crippen LogP contribution in [-0.4, -0.2) is 10.2 Å². The third kappa shape index (κ3) is 1.57. The molecule has 2 heteroatoms. The third-order valence-electron chi connectivity index (χ3n) is 1.81. The summed E-state index contributed by atoms with van der Waals surface area (Å²) in [6.45, 7) is 4.04. The summed E-state index contributed by atoms with van der Waals surface area (Å²) >= 11 is 0. The Kier molecular flexibility index (Phi) is 1.81. The summed E-state index contributed by atoms with van der Waals surface area (Å²) in [6.07, 6.45) is 4.49. The molecule has 0 radical (unpaired) electrons. The second-order valence-electron chi connectivity index (χ2n) is 3.63. The number of halogens is 1. The molecule has 0 aliphatic heterocycles. The van der Waals surface area contributed by atoms with E-state index in [1.54, 1.807) is 6.08 Å². The van der Waals surface area contributed by atoms with Crippen LogP contribution in [0.15, 0.2) is 23.6 Å². The molecule has 56 valence electrons. The molecule has 1 atom stereocenters. The summed E-state index contributed by atoms with van der Waals surface area (Å²) in [4.78, 5) is 0. The quantitative estimate of drug-likeness (QED) is 0.469. The average Bonchev–Trinajstić information content (AvgIpc) is 1.79. The number of hydrogen-bond donors (Lipinski definition) is 0. The molecule has 0 spiro atoms. The third-order valence-corrected chi connectivity index (χ3v) is 2.50. The first-order valence-corrected chi connectivity index (χ1v) is 4.56. The molecule has 0 nitrogen and oxygen atoms in total. The Hall–Kier alpha value is -0.373. The van der Waals surface area contributed by atoms with Gasteiger partial charge in [-0.25, -0.2) is 4.39 Å². The van der Waals surface area contributed by atoms with Gasteiger partial charge in [-0.2, -0.15) is 0 Å². The van der Waals surface area contributed by atoms with Crippen molar-refractivity contribution in [1.82, 2.24) is 0 Å². The van der Waals surface area contributed by atoms with Crippen LogP contribution in [0.25, 0.3) is 0 Å². The first-order chi connectivity index (χ1) is 4.51. The second kappa shape index (κ2) is 2.35. The van der Waals surface area contributed by atoms with Crippen LogP contribution in [0, 0.1) is 0 Å². The van der Waals surface area contributed by atoms with Crippen molar-refractivity contribution in [1.29, 1.82) is 0 Å². The summed E-state index contributed by atoms with van der Waals surface area (Å²) in [5.74, 6) is -0.0340. The Labute approximate surface area is 64.2 Å². The fourth-order valence-corrected chi connectivity index (χ4v) is 1.96. The molecule has 10 heavy (non-hydrogen) atoms. The van der Waals surface area contributed by atoms with Crippen LogP contribution < -0.4 is 0 Å². The fourth-order valence-electron chi connectivity index (χ4n) is 1.27. The molecule has 0 aromatic carbocycles. The van der Waals surface area contributed by atoms with E-state index in [9.17, 15) is 4.39 Å². The maximum Gasteiger partial charge on any atom is 0.121 e. The topological polar surface area (TPSA) is 0 Å². The highest BCUT2D eigenvalue weighted by Gasteiger charge is 2.19. The average molecular weight is 156 g/mol. The van der Waals surface area contributed by atoms with E-state index in [0.717, 1.165) is 22.2 Å². The maximum atomic E-state index is 12.7. The van der Waals surface area contributed by atoms with Gasteiger partial charge in [0.2, 0.25) is 0 Å². The minimum absolute atomic E-state index is 0.0340. The van der Waals surface area contributed by atoms with Crippen molar-refractivity contribution in [3.63, 3.8) is 0 Å². The lowest BCUT2D eigenvalue weighted by Gasteiger charge is -2.23. The van der Waals surface area contributed by atoms with E-state index >= 15 is 0 Å². The van der Waals surface area contributed by atoms with Crippen molar-refractivity contribution in [3.8, 4) is 0 Å². The highest BCUT2D eigenvalue weighted by atomic mass is 28.1. The number of rotatable bonds is 0. The Balaban J connectivity index is 2.85. The van der Waals surface area contributed by atoms with Crippen LogP contribution in [0.5, 0.6) is 0 Å². The van der Waals surface area contributed by atoms with Crippen LogP contribution in [0.3, 0.4) is 0 Å². The summed E-state index contributed by atoms with van der Waals surface area (Å²) in [7, 11) is 1.10. The van der Waals surface area contributed by atoms with Gasteiger partial charge in [-0.15, -0.1) is 0 Å². The van der Waals surface area contributed by atoms with Gasteiger partial charge in [-0.05, 0) is 30.0 Å². The Morgan fingerprint density at radius 3 is 2.70 bits per heavy atom. The molecule has 0 fully saturated rings. The van der Waals surface area contributed by atoms with Crippen molar-refractivity contribution >= 4 is 10.2 Å². The predicted octanol–water partition coefficient (Wildman–Crippen LogP) is 1.73. The van der Waals surface area contributed by atoms with E-state index < -0.39 is 0 Å². The molecule has 0 aromatic rings. The molecule has 0 N–H and O–H groups in total. The lowest BCUT2D eigenvalue weighted by molar-refractivity contribution is 0.609. The van der Waals surface area contributed by atoms with Crippen molar-refractivity contribution in [2.45, 2.75) is 25.3 Å². The Morgan fingerprint density at radius 2 is 2.30 bits per heavy atom. The minimum atomic E-state index is -0.0340. The first kappa shape index (κ1) is 7.73. The molecule has 0 saturated heterocycles. The van der Waals surface area contributed by atoms with Crippen LogP contribution in [0.2, 0.25) is 5.04 Å². The molecule has 0 heterocycles. The highest BCUT2D eigenvalue weighted by Crippen LogP contribution is 2.36. The number of hydrogen-bond acceptors (Lipinski definition) is 0. The van der Waals surface area contributed by atoms with E-state index in [0.29, 0.717) is 5.04 Å². The van der Waals surface area contributed by atoms with Gasteiger partial charge in [0.25, 0.3) is 0 Å². The molecule has 0 amide bonds. The summed E-state index contributed by atoms with van der Waals surface area (Å²) in [6, 6.07) is 0. The van der Waals surface area contributed by atoms with Crippen LogP contribution in [0.4, 0.5) is 4.39 Å². The highest BCUT2D eigenvalue weighted by molar-refractivity contribution is 6.16. The van der Waals surface area contributed by atoms with Gasteiger partial charge in [0.1, 0.15) is 5.83 Å². The van der Waals surface area contributed by atoms with Gasteiger partial charge in [0.15, 0.2) is 0 Å². The minimum Gasteiger partial charge on any atom is -0.207 e. The molecule has 1 aliphatic rings. The zero-order valence-electron chi connectivity index (χ0n) is 6.74. The monoisotopic (exact) mass is 156 g/mol. The van der Waals surface area contributed by atoms with Gasteiger partial charge in [0, 0.05) is 10.2 Å². The Bertz CT molecular complexity index is 201. The number of allylic oxidation sites excluding steroid dienone is 4. The van der Waals surface area contributed by atoms with Crippen molar-refractivity contribution in [3.05, 3.63) is 23.6 Å². The normalized spacial score (nSPS) is 33.5. The molecular formula is C8H13FSi. The van der Waals surface area contributed by atoms with Crippen LogP contribution >= 0.6 is 0 Å². The van der Waals surface area contributed by atoms with Gasteiger partial charge in [-0.3, -0.25) is 0 Å². The predicted molar refractivity (Wildman–Crippen MR) is 45.9 cm³/mol. The fraction of sp³-hybridized carbons (Fsp3) is 0.500. The van der Waals surface area contributed by atoms with Gasteiger partial charge in [-0.1, -0.05) is 13.0 Å². The molecule has 1 unspecified atom stereocenters. The zero-order valence-corrected chi connectivity index (χ0v) is 8.74. The van der Waals surface area contributed by atoms with Gasteiger partial charge >= 0.3 is 0 Å². The Morgan fingerprint density at radius 1 is 1.70 bits per heavy atom. The van der Waals surface area contributed by atoms with E-state index in [2.05, 4.69) is 6.92 Å². The molecule has 0 aromatic heterocycles. The molecule has 1 aliphatic carbocycles. The van der Waals surface area contributed by atoms with E-state index in [-0.39, 0.29) is 5.83 Å². The van der Waals surface area contributed by atoms with Gasteiger partial charge < -0.3 is 0 Å². The first-order valence-electron chi connectivity index (χ1n) is 3.56. The molecule has 0 saturated carbocycles. The van der Waals surface area contributed by atoms with E-state index in [1.807, 2.05) is 13.0 Å². The van der Waals surface area contributed by atoms with Crippen molar-refractivity contribution in [2.75, 3.05) is 0 Å². The van der Waals surface area contributed by atoms with E-state index in [1.165, 1.54) is 0 Å². The lowest BCUT2D eigenvalue weighted by atomic mass is 9.95.